The fraction of sp³-hybridized carbons (Fsp3) is 0.529. The molecule has 2 N–H and O–H groups in total. The molecule has 0 aromatic carbocycles. The zero-order valence-corrected chi connectivity index (χ0v) is 14.2. The number of aromatic carboxylic acids is 1. The van der Waals surface area contributed by atoms with Crippen LogP contribution in [0.5, 0.6) is 0 Å². The van der Waals surface area contributed by atoms with E-state index in [9.17, 15) is 14.4 Å². The van der Waals surface area contributed by atoms with Crippen LogP contribution in [0.3, 0.4) is 0 Å². The van der Waals surface area contributed by atoms with Gasteiger partial charge in [-0.3, -0.25) is 9.59 Å². The largest absolute Gasteiger partial charge is 0.477 e. The van der Waals surface area contributed by atoms with Gasteiger partial charge in [0.1, 0.15) is 5.69 Å². The van der Waals surface area contributed by atoms with Crippen LogP contribution in [0, 0.1) is 5.92 Å². The highest BCUT2D eigenvalue weighted by atomic mass is 16.5. The number of carbonyl (C=O) groups excluding carboxylic acids is 2. The second-order valence-corrected chi connectivity index (χ2v) is 5.94. The molecule has 1 aliphatic heterocycles. The van der Waals surface area contributed by atoms with Gasteiger partial charge in [-0.25, -0.2) is 9.78 Å². The summed E-state index contributed by atoms with van der Waals surface area (Å²) in [5.74, 6) is -1.38. The fourth-order valence-corrected chi connectivity index (χ4v) is 2.75. The number of pyridine rings is 1. The van der Waals surface area contributed by atoms with E-state index in [1.165, 1.54) is 18.3 Å². The maximum atomic E-state index is 12.4. The summed E-state index contributed by atoms with van der Waals surface area (Å²) in [5, 5.41) is 11.7. The monoisotopic (exact) mass is 349 g/mol. The number of ether oxygens (including phenoxy) is 1. The second-order valence-electron chi connectivity index (χ2n) is 5.94. The molecule has 0 bridgehead atoms. The number of carboxylic acids is 1. The van der Waals surface area contributed by atoms with Crippen molar-refractivity contribution in [2.45, 2.75) is 19.3 Å². The topological polar surface area (TPSA) is 109 Å². The summed E-state index contributed by atoms with van der Waals surface area (Å²) in [6.45, 7) is 2.20. The van der Waals surface area contributed by atoms with Crippen LogP contribution in [0.2, 0.25) is 0 Å². The van der Waals surface area contributed by atoms with E-state index in [0.717, 1.165) is 6.42 Å². The molecular formula is C17H23N3O5. The SMILES string of the molecule is COCCCNC(=O)C1CCN(C(=O)c2ccc(C(=O)O)nc2)CC1. The summed E-state index contributed by atoms with van der Waals surface area (Å²) in [6.07, 6.45) is 3.28. The molecule has 1 saturated heterocycles. The van der Waals surface area contributed by atoms with Gasteiger partial charge in [0, 0.05) is 45.5 Å². The Morgan fingerprint density at radius 3 is 2.60 bits per heavy atom. The van der Waals surface area contributed by atoms with E-state index in [1.54, 1.807) is 12.0 Å². The number of rotatable bonds is 7. The van der Waals surface area contributed by atoms with E-state index in [0.29, 0.717) is 44.6 Å². The van der Waals surface area contributed by atoms with Crippen molar-refractivity contribution < 1.29 is 24.2 Å². The molecule has 25 heavy (non-hydrogen) atoms. The molecule has 2 amide bonds. The molecule has 8 heteroatoms. The number of nitrogens with one attached hydrogen (secondary N) is 1. The number of aromatic nitrogens is 1. The standard InChI is InChI=1S/C17H23N3O5/c1-25-10-2-7-18-15(21)12-5-8-20(9-6-12)16(22)13-3-4-14(17(23)24)19-11-13/h3-4,11-12H,2,5-10H2,1H3,(H,18,21)(H,23,24). The Labute approximate surface area is 146 Å². The van der Waals surface area contributed by atoms with Crippen LogP contribution in [0.1, 0.15) is 40.1 Å². The highest BCUT2D eigenvalue weighted by Crippen LogP contribution is 2.19. The third-order valence-electron chi connectivity index (χ3n) is 4.21. The van der Waals surface area contributed by atoms with Crippen molar-refractivity contribution in [1.29, 1.82) is 0 Å². The molecule has 1 fully saturated rings. The van der Waals surface area contributed by atoms with Crippen LogP contribution < -0.4 is 5.32 Å². The number of hydrogen-bond acceptors (Lipinski definition) is 5. The number of hydrogen-bond donors (Lipinski definition) is 2. The normalized spacial score (nSPS) is 15.0. The first-order chi connectivity index (χ1) is 12.0. The summed E-state index contributed by atoms with van der Waals surface area (Å²) in [7, 11) is 1.62. The van der Waals surface area contributed by atoms with Gasteiger partial charge in [0.15, 0.2) is 0 Å². The van der Waals surface area contributed by atoms with Crippen molar-refractivity contribution in [2.24, 2.45) is 5.92 Å². The van der Waals surface area contributed by atoms with Crippen LogP contribution in [0.25, 0.3) is 0 Å². The van der Waals surface area contributed by atoms with Crippen molar-refractivity contribution in [3.8, 4) is 0 Å². The first kappa shape index (κ1) is 18.9. The number of likely N-dealkylation sites (tertiary alicyclic amines) is 1. The highest BCUT2D eigenvalue weighted by molar-refractivity contribution is 5.95. The summed E-state index contributed by atoms with van der Waals surface area (Å²) in [4.78, 5) is 40.7. The Kier molecular flexibility index (Phi) is 6.88. The van der Waals surface area contributed by atoms with E-state index >= 15 is 0 Å². The summed E-state index contributed by atoms with van der Waals surface area (Å²) in [5.41, 5.74) is 0.257. The number of carbonyl (C=O) groups is 3. The third kappa shape index (κ3) is 5.25. The first-order valence-corrected chi connectivity index (χ1v) is 8.28. The molecule has 136 valence electrons. The van der Waals surface area contributed by atoms with E-state index in [1.807, 2.05) is 0 Å². The maximum absolute atomic E-state index is 12.4. The van der Waals surface area contributed by atoms with Gasteiger partial charge < -0.3 is 20.1 Å². The van der Waals surface area contributed by atoms with E-state index in [2.05, 4.69) is 10.3 Å². The Balaban J connectivity index is 1.81. The molecule has 1 aromatic heterocycles. The lowest BCUT2D eigenvalue weighted by Gasteiger charge is -2.31. The first-order valence-electron chi connectivity index (χ1n) is 8.28. The van der Waals surface area contributed by atoms with Gasteiger partial charge >= 0.3 is 5.97 Å². The second kappa shape index (κ2) is 9.12. The van der Waals surface area contributed by atoms with E-state index in [4.69, 9.17) is 9.84 Å². The van der Waals surface area contributed by atoms with Crippen molar-refractivity contribution in [1.82, 2.24) is 15.2 Å². The minimum Gasteiger partial charge on any atom is -0.477 e. The van der Waals surface area contributed by atoms with E-state index in [-0.39, 0.29) is 23.4 Å². The van der Waals surface area contributed by atoms with Crippen molar-refractivity contribution >= 4 is 17.8 Å². The third-order valence-corrected chi connectivity index (χ3v) is 4.21. The summed E-state index contributed by atoms with van der Waals surface area (Å²) < 4.78 is 4.94. The molecule has 1 aromatic rings. The maximum Gasteiger partial charge on any atom is 0.354 e. The molecular weight excluding hydrogens is 326 g/mol. The summed E-state index contributed by atoms with van der Waals surface area (Å²) >= 11 is 0. The lowest BCUT2D eigenvalue weighted by Crippen LogP contribution is -2.43. The Morgan fingerprint density at radius 2 is 2.04 bits per heavy atom. The van der Waals surface area contributed by atoms with Crippen LogP contribution in [-0.2, 0) is 9.53 Å². The van der Waals surface area contributed by atoms with Crippen LogP contribution in [-0.4, -0.2) is 66.1 Å². The molecule has 0 radical (unpaired) electrons. The minimum absolute atomic E-state index is 0.0238. The zero-order valence-electron chi connectivity index (χ0n) is 14.2. The number of methoxy groups -OCH3 is 1. The van der Waals surface area contributed by atoms with Crippen molar-refractivity contribution in [2.75, 3.05) is 33.4 Å². The quantitative estimate of drug-likeness (QED) is 0.704. The molecule has 0 spiro atoms. The van der Waals surface area contributed by atoms with Crippen LogP contribution in [0.15, 0.2) is 18.3 Å². The summed E-state index contributed by atoms with van der Waals surface area (Å²) in [6, 6.07) is 2.78. The predicted molar refractivity (Wildman–Crippen MR) is 89.3 cm³/mol. The van der Waals surface area contributed by atoms with Crippen molar-refractivity contribution in [3.05, 3.63) is 29.6 Å². The predicted octanol–water partition coefficient (Wildman–Crippen LogP) is 0.785. The fourth-order valence-electron chi connectivity index (χ4n) is 2.75. The smallest absolute Gasteiger partial charge is 0.354 e. The molecule has 0 unspecified atom stereocenters. The average Bonchev–Trinajstić information content (AvgIpc) is 2.64. The highest BCUT2D eigenvalue weighted by Gasteiger charge is 2.27. The van der Waals surface area contributed by atoms with Crippen molar-refractivity contribution in [3.63, 3.8) is 0 Å². The number of carboxylic acid groups (broad SMARTS) is 1. The Hall–Kier alpha value is -2.48. The van der Waals surface area contributed by atoms with Gasteiger partial charge in [0.2, 0.25) is 5.91 Å². The zero-order chi connectivity index (χ0) is 18.2. The minimum atomic E-state index is -1.13. The van der Waals surface area contributed by atoms with Gasteiger partial charge in [-0.15, -0.1) is 0 Å². The lowest BCUT2D eigenvalue weighted by atomic mass is 9.95. The van der Waals surface area contributed by atoms with Gasteiger partial charge in [0.25, 0.3) is 5.91 Å². The number of piperidine rings is 1. The number of amides is 2. The van der Waals surface area contributed by atoms with Crippen LogP contribution >= 0.6 is 0 Å². The molecule has 2 heterocycles. The molecule has 0 saturated carbocycles. The van der Waals surface area contributed by atoms with E-state index < -0.39 is 5.97 Å². The average molecular weight is 349 g/mol. The molecule has 0 aliphatic carbocycles. The Morgan fingerprint density at radius 1 is 1.32 bits per heavy atom. The molecule has 2 rings (SSSR count). The molecule has 1 aliphatic rings. The molecule has 8 nitrogen and oxygen atoms in total. The van der Waals surface area contributed by atoms with Gasteiger partial charge in [-0.2, -0.15) is 0 Å². The Bertz CT molecular complexity index is 609. The van der Waals surface area contributed by atoms with Gasteiger partial charge in [-0.1, -0.05) is 0 Å². The van der Waals surface area contributed by atoms with Gasteiger partial charge in [-0.05, 0) is 31.4 Å². The van der Waals surface area contributed by atoms with Gasteiger partial charge in [0.05, 0.1) is 5.56 Å². The lowest BCUT2D eigenvalue weighted by molar-refractivity contribution is -0.126. The van der Waals surface area contributed by atoms with Crippen LogP contribution in [0.4, 0.5) is 0 Å². The molecule has 0 atom stereocenters. The number of nitrogens with zero attached hydrogens (tertiary/aromatic N) is 2.